The Morgan fingerprint density at radius 1 is 1.25 bits per heavy atom. The van der Waals surface area contributed by atoms with Gasteiger partial charge in [0.25, 0.3) is 0 Å². The molecule has 0 spiro atoms. The Morgan fingerprint density at radius 3 is 2.61 bits per heavy atom. The summed E-state index contributed by atoms with van der Waals surface area (Å²) in [5, 5.41) is 4.27. The first kappa shape index (κ1) is 19.8. The molecule has 0 radical (unpaired) electrons. The van der Waals surface area contributed by atoms with Crippen LogP contribution < -0.4 is 10.2 Å². The van der Waals surface area contributed by atoms with E-state index >= 15 is 0 Å². The van der Waals surface area contributed by atoms with Gasteiger partial charge in [0.1, 0.15) is 0 Å². The zero-order valence-corrected chi connectivity index (χ0v) is 17.4. The molecule has 2 aromatic rings. The average molecular weight is 384 g/mol. The smallest absolute Gasteiger partial charge is 0.418 e. The number of carbonyl (C=O) groups is 2. The predicted octanol–water partition coefficient (Wildman–Crippen LogP) is 3.62. The summed E-state index contributed by atoms with van der Waals surface area (Å²) in [6.45, 7) is 7.13. The summed E-state index contributed by atoms with van der Waals surface area (Å²) in [5.41, 5.74) is 3.15. The fraction of sp³-hybridized carbons (Fsp3) is 0.429. The van der Waals surface area contributed by atoms with Gasteiger partial charge in [-0.1, -0.05) is 19.9 Å². The van der Waals surface area contributed by atoms with Crippen LogP contribution in [0, 0.1) is 0 Å². The van der Waals surface area contributed by atoms with E-state index in [4.69, 9.17) is 4.74 Å². The van der Waals surface area contributed by atoms with Crippen LogP contribution in [0.1, 0.15) is 32.0 Å². The number of anilines is 1. The minimum atomic E-state index is -0.421. The van der Waals surface area contributed by atoms with E-state index in [1.807, 2.05) is 30.5 Å². The van der Waals surface area contributed by atoms with E-state index < -0.39 is 6.09 Å². The fourth-order valence-electron chi connectivity index (χ4n) is 3.71. The van der Waals surface area contributed by atoms with E-state index in [-0.39, 0.29) is 18.1 Å². The number of amides is 2. The van der Waals surface area contributed by atoms with Crippen LogP contribution in [0.15, 0.2) is 24.4 Å². The van der Waals surface area contributed by atoms with E-state index in [0.29, 0.717) is 5.69 Å². The van der Waals surface area contributed by atoms with Crippen molar-refractivity contribution in [2.24, 2.45) is 0 Å². The lowest BCUT2D eigenvalue weighted by molar-refractivity contribution is 0.155. The molecule has 3 rings (SSSR count). The highest BCUT2D eigenvalue weighted by molar-refractivity contribution is 6.00. The van der Waals surface area contributed by atoms with Crippen molar-refractivity contribution in [1.29, 1.82) is 0 Å². The van der Waals surface area contributed by atoms with Crippen LogP contribution in [0.5, 0.6) is 0 Å². The third-order valence-corrected chi connectivity index (χ3v) is 5.08. The Kier molecular flexibility index (Phi) is 5.10. The average Bonchev–Trinajstić information content (AvgIpc) is 2.89. The van der Waals surface area contributed by atoms with Gasteiger partial charge in [-0.2, -0.15) is 0 Å². The second-order valence-electron chi connectivity index (χ2n) is 7.83. The molecule has 0 atom stereocenters. The summed E-state index contributed by atoms with van der Waals surface area (Å²) < 4.78 is 6.94. The molecule has 0 aliphatic carbocycles. The van der Waals surface area contributed by atoms with Gasteiger partial charge in [-0.05, 0) is 36.9 Å². The molecule has 2 heterocycles. The molecule has 0 unspecified atom stereocenters. The van der Waals surface area contributed by atoms with Crippen LogP contribution >= 0.6 is 0 Å². The van der Waals surface area contributed by atoms with Crippen molar-refractivity contribution in [1.82, 2.24) is 14.8 Å². The van der Waals surface area contributed by atoms with E-state index in [0.717, 1.165) is 28.7 Å². The van der Waals surface area contributed by atoms with Crippen molar-refractivity contribution < 1.29 is 14.3 Å². The zero-order valence-electron chi connectivity index (χ0n) is 17.4. The Hall–Kier alpha value is -2.96. The molecule has 0 saturated heterocycles. The molecule has 1 aromatic carbocycles. The maximum absolute atomic E-state index is 12.8. The highest BCUT2D eigenvalue weighted by Crippen LogP contribution is 2.39. The van der Waals surface area contributed by atoms with Gasteiger partial charge in [0.2, 0.25) is 0 Å². The number of fused-ring (bicyclic) bond motifs is 3. The van der Waals surface area contributed by atoms with Crippen molar-refractivity contribution >= 4 is 34.8 Å². The Labute approximate surface area is 165 Å². The number of rotatable bonds is 2. The summed E-state index contributed by atoms with van der Waals surface area (Å²) >= 11 is 0. The first-order chi connectivity index (χ1) is 13.2. The van der Waals surface area contributed by atoms with Crippen LogP contribution in [0.2, 0.25) is 0 Å². The number of aromatic nitrogens is 1. The molecule has 7 heteroatoms. The Morgan fingerprint density at radius 2 is 1.96 bits per heavy atom. The summed E-state index contributed by atoms with van der Waals surface area (Å²) in [6, 6.07) is 5.64. The topological polar surface area (TPSA) is 66.8 Å². The van der Waals surface area contributed by atoms with Gasteiger partial charge >= 0.3 is 12.1 Å². The highest BCUT2D eigenvalue weighted by atomic mass is 16.5. The first-order valence-corrected chi connectivity index (χ1v) is 9.40. The van der Waals surface area contributed by atoms with Gasteiger partial charge in [-0.15, -0.1) is 0 Å². The molecule has 0 saturated carbocycles. The summed E-state index contributed by atoms with van der Waals surface area (Å²) in [6.07, 6.45) is 3.36. The minimum Gasteiger partial charge on any atom is -0.449 e. The van der Waals surface area contributed by atoms with E-state index in [1.165, 1.54) is 4.90 Å². The maximum Gasteiger partial charge on any atom is 0.418 e. The summed E-state index contributed by atoms with van der Waals surface area (Å²) in [4.78, 5) is 28.3. The van der Waals surface area contributed by atoms with E-state index in [2.05, 4.69) is 19.2 Å². The monoisotopic (exact) mass is 384 g/mol. The highest BCUT2D eigenvalue weighted by Gasteiger charge is 2.32. The number of hydrogen-bond donors (Lipinski definition) is 1. The van der Waals surface area contributed by atoms with E-state index in [1.54, 1.807) is 37.5 Å². The summed E-state index contributed by atoms with van der Waals surface area (Å²) in [7, 11) is 5.14. The molecule has 1 aliphatic rings. The van der Waals surface area contributed by atoms with Crippen molar-refractivity contribution in [2.75, 3.05) is 39.2 Å². The third-order valence-electron chi connectivity index (χ3n) is 5.08. The zero-order chi connectivity index (χ0) is 20.6. The second-order valence-corrected chi connectivity index (χ2v) is 7.83. The number of nitrogens with one attached hydrogen (secondary N) is 1. The molecule has 0 bridgehead atoms. The quantitative estimate of drug-likeness (QED) is 0.859. The summed E-state index contributed by atoms with van der Waals surface area (Å²) in [5.74, 6) is 0. The normalized spacial score (nSPS) is 14.8. The van der Waals surface area contributed by atoms with Crippen LogP contribution in [-0.2, 0) is 10.2 Å². The van der Waals surface area contributed by atoms with Crippen LogP contribution in [0.4, 0.5) is 15.3 Å². The molecule has 7 nitrogen and oxygen atoms in total. The second kappa shape index (κ2) is 7.22. The molecule has 2 amide bonds. The minimum absolute atomic E-state index is 0.139. The maximum atomic E-state index is 12.8. The molecular weight excluding hydrogens is 356 g/mol. The number of nitrogens with zero attached hydrogens (tertiary/aromatic N) is 3. The van der Waals surface area contributed by atoms with Crippen molar-refractivity contribution in [3.63, 3.8) is 0 Å². The first-order valence-electron chi connectivity index (χ1n) is 9.40. The van der Waals surface area contributed by atoms with Crippen LogP contribution in [-0.4, -0.2) is 55.9 Å². The Bertz CT molecular complexity index is 956. The fourth-order valence-corrected chi connectivity index (χ4v) is 3.71. The molecule has 1 aliphatic heterocycles. The van der Waals surface area contributed by atoms with Gasteiger partial charge in [0.15, 0.2) is 0 Å². The lowest BCUT2D eigenvalue weighted by atomic mass is 9.83. The number of urea groups is 1. The molecule has 1 aromatic heterocycles. The van der Waals surface area contributed by atoms with Crippen LogP contribution in [0.25, 0.3) is 17.0 Å². The predicted molar refractivity (Wildman–Crippen MR) is 112 cm³/mol. The van der Waals surface area contributed by atoms with Gasteiger partial charge in [0, 0.05) is 44.2 Å². The van der Waals surface area contributed by atoms with Gasteiger partial charge < -0.3 is 15.0 Å². The van der Waals surface area contributed by atoms with Gasteiger partial charge in [0.05, 0.1) is 17.8 Å². The third kappa shape index (κ3) is 3.21. The number of ether oxygens (including phenoxy) is 1. The molecule has 1 N–H and O–H groups in total. The van der Waals surface area contributed by atoms with Crippen LogP contribution in [0.3, 0.4) is 0 Å². The largest absolute Gasteiger partial charge is 0.449 e. The van der Waals surface area contributed by atoms with Crippen molar-refractivity contribution in [3.8, 4) is 0 Å². The molecule has 150 valence electrons. The van der Waals surface area contributed by atoms with Crippen molar-refractivity contribution in [3.05, 3.63) is 35.7 Å². The number of benzene rings is 1. The van der Waals surface area contributed by atoms with E-state index in [9.17, 15) is 9.59 Å². The SMILES string of the molecule is CCOC(=O)n1c2c(c3ccc(N(C)C(=O)N(C)C)cc31)C(C)(C)CNC=C2. The van der Waals surface area contributed by atoms with Crippen molar-refractivity contribution in [2.45, 2.75) is 26.2 Å². The molecule has 28 heavy (non-hydrogen) atoms. The van der Waals surface area contributed by atoms with Gasteiger partial charge in [-0.25, -0.2) is 14.2 Å². The van der Waals surface area contributed by atoms with Gasteiger partial charge in [-0.3, -0.25) is 4.90 Å². The molecular formula is C21H28N4O3. The number of hydrogen-bond acceptors (Lipinski definition) is 4. The Balaban J connectivity index is 2.29. The molecule has 0 fully saturated rings. The standard InChI is InChI=1S/C21H28N4O3/c1-7-28-20(27)25-16-10-11-22-13-21(2,3)18(16)15-9-8-14(12-17(15)25)24(6)19(26)23(4)5/h8-12,22H,7,13H2,1-6H3. The lowest BCUT2D eigenvalue weighted by Gasteiger charge is -2.24. The lowest BCUT2D eigenvalue weighted by Crippen LogP contribution is -2.36. The number of carbonyl (C=O) groups excluding carboxylic acids is 2.